The van der Waals surface area contributed by atoms with Gasteiger partial charge < -0.3 is 10.1 Å². The molecule has 3 nitrogen and oxygen atoms in total. The van der Waals surface area contributed by atoms with E-state index in [0.29, 0.717) is 11.6 Å². The Morgan fingerprint density at radius 3 is 3.00 bits per heavy atom. The van der Waals surface area contributed by atoms with E-state index in [1.807, 2.05) is 30.3 Å². The maximum Gasteiger partial charge on any atom is 0.119 e. The van der Waals surface area contributed by atoms with Crippen molar-refractivity contribution in [3.05, 3.63) is 53.3 Å². The molecule has 0 spiro atoms. The number of methoxy groups -OCH3 is 1. The van der Waals surface area contributed by atoms with E-state index in [1.165, 1.54) is 0 Å². The molecule has 0 fully saturated rings. The van der Waals surface area contributed by atoms with Gasteiger partial charge in [-0.1, -0.05) is 23.7 Å². The first-order valence-corrected chi connectivity index (χ1v) is 5.63. The lowest BCUT2D eigenvalue weighted by molar-refractivity contribution is 0.414. The molecule has 0 bridgehead atoms. The second-order valence-corrected chi connectivity index (χ2v) is 3.97. The van der Waals surface area contributed by atoms with Crippen molar-refractivity contribution in [2.45, 2.75) is 6.54 Å². The third-order valence-electron chi connectivity index (χ3n) is 2.39. The zero-order valence-corrected chi connectivity index (χ0v) is 10.2. The van der Waals surface area contributed by atoms with Crippen LogP contribution in [-0.2, 0) is 6.54 Å². The summed E-state index contributed by atoms with van der Waals surface area (Å²) in [5.74, 6) is 0.852. The SMILES string of the molecule is COc1cccc(CNc2ccncc2Cl)c1. The predicted molar refractivity (Wildman–Crippen MR) is 69.6 cm³/mol. The number of aromatic nitrogens is 1. The fraction of sp³-hybridized carbons (Fsp3) is 0.154. The van der Waals surface area contributed by atoms with Crippen molar-refractivity contribution in [3.8, 4) is 5.75 Å². The number of nitrogens with zero attached hydrogens (tertiary/aromatic N) is 1. The molecule has 17 heavy (non-hydrogen) atoms. The normalized spacial score (nSPS) is 10.0. The standard InChI is InChI=1S/C13H13ClN2O/c1-17-11-4-2-3-10(7-11)8-16-13-5-6-15-9-12(13)14/h2-7,9H,8H2,1H3,(H,15,16). The van der Waals surface area contributed by atoms with Crippen LogP contribution in [0.15, 0.2) is 42.7 Å². The molecule has 88 valence electrons. The predicted octanol–water partition coefficient (Wildman–Crippen LogP) is 3.36. The van der Waals surface area contributed by atoms with Gasteiger partial charge in [-0.25, -0.2) is 0 Å². The van der Waals surface area contributed by atoms with Crippen LogP contribution in [0, 0.1) is 0 Å². The highest BCUT2D eigenvalue weighted by Crippen LogP contribution is 2.20. The van der Waals surface area contributed by atoms with Crippen molar-refractivity contribution < 1.29 is 4.74 Å². The van der Waals surface area contributed by atoms with Gasteiger partial charge in [0.2, 0.25) is 0 Å². The lowest BCUT2D eigenvalue weighted by atomic mass is 10.2. The van der Waals surface area contributed by atoms with Crippen LogP contribution < -0.4 is 10.1 Å². The van der Waals surface area contributed by atoms with Gasteiger partial charge in [0.05, 0.1) is 17.8 Å². The van der Waals surface area contributed by atoms with Crippen LogP contribution in [-0.4, -0.2) is 12.1 Å². The van der Waals surface area contributed by atoms with Gasteiger partial charge >= 0.3 is 0 Å². The number of pyridine rings is 1. The Kier molecular flexibility index (Phi) is 3.83. The van der Waals surface area contributed by atoms with Crippen molar-refractivity contribution in [1.29, 1.82) is 0 Å². The van der Waals surface area contributed by atoms with E-state index in [2.05, 4.69) is 10.3 Å². The lowest BCUT2D eigenvalue weighted by Gasteiger charge is -2.08. The molecular weight excluding hydrogens is 236 g/mol. The third-order valence-corrected chi connectivity index (χ3v) is 2.69. The quantitative estimate of drug-likeness (QED) is 0.901. The smallest absolute Gasteiger partial charge is 0.119 e. The number of benzene rings is 1. The molecule has 0 atom stereocenters. The van der Waals surface area contributed by atoms with E-state index in [9.17, 15) is 0 Å². The molecule has 1 N–H and O–H groups in total. The number of hydrogen-bond acceptors (Lipinski definition) is 3. The molecule has 0 unspecified atom stereocenters. The van der Waals surface area contributed by atoms with Crippen molar-refractivity contribution in [1.82, 2.24) is 4.98 Å². The van der Waals surface area contributed by atoms with Crippen molar-refractivity contribution in [3.63, 3.8) is 0 Å². The topological polar surface area (TPSA) is 34.1 Å². The summed E-state index contributed by atoms with van der Waals surface area (Å²) < 4.78 is 5.17. The van der Waals surface area contributed by atoms with Crippen LogP contribution in [0.25, 0.3) is 0 Å². The summed E-state index contributed by atoms with van der Waals surface area (Å²) in [6.07, 6.45) is 3.33. The molecule has 2 aromatic rings. The summed E-state index contributed by atoms with van der Waals surface area (Å²) >= 11 is 6.00. The zero-order chi connectivity index (χ0) is 12.1. The largest absolute Gasteiger partial charge is 0.497 e. The molecule has 0 radical (unpaired) electrons. The van der Waals surface area contributed by atoms with Gasteiger partial charge in [-0.05, 0) is 23.8 Å². The molecule has 0 saturated heterocycles. The van der Waals surface area contributed by atoms with Gasteiger partial charge in [0.15, 0.2) is 0 Å². The molecule has 2 rings (SSSR count). The van der Waals surface area contributed by atoms with Gasteiger partial charge in [0.1, 0.15) is 5.75 Å². The zero-order valence-electron chi connectivity index (χ0n) is 9.48. The van der Waals surface area contributed by atoms with Crippen molar-refractivity contribution >= 4 is 17.3 Å². The fourth-order valence-electron chi connectivity index (χ4n) is 1.50. The summed E-state index contributed by atoms with van der Waals surface area (Å²) in [7, 11) is 1.66. The molecule has 0 amide bonds. The molecular formula is C13H13ClN2O. The summed E-state index contributed by atoms with van der Waals surface area (Å²) in [4.78, 5) is 3.94. The van der Waals surface area contributed by atoms with Crippen LogP contribution in [0.2, 0.25) is 5.02 Å². The Hall–Kier alpha value is -1.74. The highest BCUT2D eigenvalue weighted by molar-refractivity contribution is 6.33. The van der Waals surface area contributed by atoms with Gasteiger partial charge in [-0.15, -0.1) is 0 Å². The maximum atomic E-state index is 6.00. The minimum Gasteiger partial charge on any atom is -0.497 e. The van der Waals surface area contributed by atoms with E-state index < -0.39 is 0 Å². The molecule has 1 heterocycles. The molecule has 0 aliphatic heterocycles. The first-order valence-electron chi connectivity index (χ1n) is 5.26. The van der Waals surface area contributed by atoms with E-state index in [4.69, 9.17) is 16.3 Å². The van der Waals surface area contributed by atoms with E-state index in [0.717, 1.165) is 17.0 Å². The minimum atomic E-state index is 0.621. The summed E-state index contributed by atoms with van der Waals surface area (Å²) in [6, 6.07) is 9.75. The van der Waals surface area contributed by atoms with Crippen LogP contribution >= 0.6 is 11.6 Å². The summed E-state index contributed by atoms with van der Waals surface area (Å²) in [5.41, 5.74) is 2.02. The molecule has 1 aromatic heterocycles. The number of ether oxygens (including phenoxy) is 1. The Labute approximate surface area is 105 Å². The first kappa shape index (κ1) is 11.7. The van der Waals surface area contributed by atoms with E-state index in [-0.39, 0.29) is 0 Å². The highest BCUT2D eigenvalue weighted by Gasteiger charge is 2.00. The molecule has 0 aliphatic carbocycles. The van der Waals surface area contributed by atoms with Crippen LogP contribution in [0.1, 0.15) is 5.56 Å². The van der Waals surface area contributed by atoms with Gasteiger partial charge in [-0.2, -0.15) is 0 Å². The molecule has 0 aliphatic rings. The number of anilines is 1. The second kappa shape index (κ2) is 5.55. The summed E-state index contributed by atoms with van der Waals surface area (Å²) in [5, 5.41) is 3.87. The van der Waals surface area contributed by atoms with Crippen LogP contribution in [0.4, 0.5) is 5.69 Å². The highest BCUT2D eigenvalue weighted by atomic mass is 35.5. The maximum absolute atomic E-state index is 6.00. The average molecular weight is 249 g/mol. The first-order chi connectivity index (χ1) is 8.29. The Morgan fingerprint density at radius 2 is 2.24 bits per heavy atom. The Bertz CT molecular complexity index is 502. The molecule has 4 heteroatoms. The summed E-state index contributed by atoms with van der Waals surface area (Å²) in [6.45, 7) is 0.695. The van der Waals surface area contributed by atoms with Crippen LogP contribution in [0.3, 0.4) is 0 Å². The van der Waals surface area contributed by atoms with Gasteiger partial charge in [0.25, 0.3) is 0 Å². The monoisotopic (exact) mass is 248 g/mol. The number of halogens is 1. The second-order valence-electron chi connectivity index (χ2n) is 3.56. The lowest BCUT2D eigenvalue weighted by Crippen LogP contribution is -2.00. The van der Waals surface area contributed by atoms with Gasteiger partial charge in [0, 0.05) is 18.9 Å². The van der Waals surface area contributed by atoms with Gasteiger partial charge in [-0.3, -0.25) is 4.98 Å². The van der Waals surface area contributed by atoms with E-state index in [1.54, 1.807) is 19.5 Å². The molecule has 0 saturated carbocycles. The number of rotatable bonds is 4. The number of hydrogen-bond donors (Lipinski definition) is 1. The fourth-order valence-corrected chi connectivity index (χ4v) is 1.68. The van der Waals surface area contributed by atoms with Crippen molar-refractivity contribution in [2.75, 3.05) is 12.4 Å². The van der Waals surface area contributed by atoms with E-state index >= 15 is 0 Å². The Balaban J connectivity index is 2.05. The van der Waals surface area contributed by atoms with Crippen LogP contribution in [0.5, 0.6) is 5.75 Å². The van der Waals surface area contributed by atoms with Crippen molar-refractivity contribution in [2.24, 2.45) is 0 Å². The minimum absolute atomic E-state index is 0.621. The number of nitrogens with one attached hydrogen (secondary N) is 1. The Morgan fingerprint density at radius 1 is 1.35 bits per heavy atom. The average Bonchev–Trinajstić information content (AvgIpc) is 2.38. The third kappa shape index (κ3) is 3.11. The molecule has 1 aromatic carbocycles.